The highest BCUT2D eigenvalue weighted by Crippen LogP contribution is 2.11. The Morgan fingerprint density at radius 2 is 2.50 bits per heavy atom. The van der Waals surface area contributed by atoms with Crippen molar-refractivity contribution in [1.82, 2.24) is 9.88 Å². The van der Waals surface area contributed by atoms with E-state index in [0.717, 1.165) is 25.3 Å². The van der Waals surface area contributed by atoms with Crippen LogP contribution < -0.4 is 0 Å². The summed E-state index contributed by atoms with van der Waals surface area (Å²) in [7, 11) is 1.40. The second-order valence-electron chi connectivity index (χ2n) is 4.33. The van der Waals surface area contributed by atoms with Crippen LogP contribution >= 0.6 is 0 Å². The summed E-state index contributed by atoms with van der Waals surface area (Å²) in [6.45, 7) is 3.05. The highest BCUT2D eigenvalue weighted by atomic mass is 16.5. The summed E-state index contributed by atoms with van der Waals surface area (Å²) in [6.07, 6.45) is 2.03. The molecule has 1 aliphatic heterocycles. The molecule has 0 unspecified atom stereocenters. The lowest BCUT2D eigenvalue weighted by molar-refractivity contribution is -0.145. The average molecular weight is 250 g/mol. The van der Waals surface area contributed by atoms with Gasteiger partial charge in [0.2, 0.25) is 0 Å². The van der Waals surface area contributed by atoms with Crippen LogP contribution in [0.1, 0.15) is 12.1 Å². The predicted molar refractivity (Wildman–Crippen MR) is 65.9 cm³/mol. The fourth-order valence-corrected chi connectivity index (χ4v) is 2.04. The van der Waals surface area contributed by atoms with Crippen molar-refractivity contribution in [1.29, 1.82) is 0 Å². The Morgan fingerprint density at radius 1 is 1.61 bits per heavy atom. The predicted octanol–water partition coefficient (Wildman–Crippen LogP) is 0.845. The Kier molecular flexibility index (Phi) is 4.66. The third kappa shape index (κ3) is 3.78. The van der Waals surface area contributed by atoms with Gasteiger partial charge in [-0.25, -0.2) is 0 Å². The molecule has 5 nitrogen and oxygen atoms in total. The van der Waals surface area contributed by atoms with Crippen molar-refractivity contribution < 1.29 is 14.3 Å². The summed E-state index contributed by atoms with van der Waals surface area (Å²) in [5, 5.41) is 0. The summed E-state index contributed by atoms with van der Waals surface area (Å²) in [5.74, 6) is -0.223. The Labute approximate surface area is 107 Å². The number of aromatic nitrogens is 1. The van der Waals surface area contributed by atoms with Crippen LogP contribution in [0, 0.1) is 0 Å². The van der Waals surface area contributed by atoms with Crippen molar-refractivity contribution in [2.24, 2.45) is 0 Å². The number of morpholine rings is 1. The fourth-order valence-electron chi connectivity index (χ4n) is 2.04. The molecule has 1 aromatic heterocycles. The molecular formula is C13H18N2O3. The minimum absolute atomic E-state index is 0.0742. The normalized spacial score (nSPS) is 20.6. The molecule has 98 valence electrons. The molecule has 1 atom stereocenters. The van der Waals surface area contributed by atoms with Gasteiger partial charge in [0.05, 0.1) is 31.9 Å². The average Bonchev–Trinajstić information content (AvgIpc) is 2.40. The zero-order valence-corrected chi connectivity index (χ0v) is 10.5. The van der Waals surface area contributed by atoms with Crippen LogP contribution in [0.15, 0.2) is 24.4 Å². The summed E-state index contributed by atoms with van der Waals surface area (Å²) in [5.41, 5.74) is 1.04. The smallest absolute Gasteiger partial charge is 0.308 e. The molecule has 0 saturated carbocycles. The van der Waals surface area contributed by atoms with Gasteiger partial charge in [-0.1, -0.05) is 6.07 Å². The van der Waals surface area contributed by atoms with Gasteiger partial charge in [-0.3, -0.25) is 14.7 Å². The SMILES string of the molecule is COC(=O)C[C@H]1CN(Cc2ccccn2)CCO1. The highest BCUT2D eigenvalue weighted by Gasteiger charge is 2.23. The van der Waals surface area contributed by atoms with Crippen molar-refractivity contribution in [3.63, 3.8) is 0 Å². The molecule has 18 heavy (non-hydrogen) atoms. The quantitative estimate of drug-likeness (QED) is 0.741. The van der Waals surface area contributed by atoms with Gasteiger partial charge in [-0.05, 0) is 12.1 Å². The third-order valence-electron chi connectivity index (χ3n) is 2.96. The van der Waals surface area contributed by atoms with E-state index in [1.54, 1.807) is 6.20 Å². The molecule has 0 aliphatic carbocycles. The Hall–Kier alpha value is -1.46. The minimum atomic E-state index is -0.223. The largest absolute Gasteiger partial charge is 0.469 e. The van der Waals surface area contributed by atoms with Crippen LogP contribution in [0.4, 0.5) is 0 Å². The van der Waals surface area contributed by atoms with E-state index in [2.05, 4.69) is 14.6 Å². The van der Waals surface area contributed by atoms with Crippen molar-refractivity contribution >= 4 is 5.97 Å². The zero-order valence-electron chi connectivity index (χ0n) is 10.5. The zero-order chi connectivity index (χ0) is 12.8. The molecule has 2 heterocycles. The van der Waals surface area contributed by atoms with Crippen molar-refractivity contribution in [3.8, 4) is 0 Å². The monoisotopic (exact) mass is 250 g/mol. The molecule has 5 heteroatoms. The van der Waals surface area contributed by atoms with Gasteiger partial charge in [-0.2, -0.15) is 0 Å². The first-order valence-corrected chi connectivity index (χ1v) is 6.08. The van der Waals surface area contributed by atoms with E-state index in [4.69, 9.17) is 4.74 Å². The number of carbonyl (C=O) groups is 1. The number of nitrogens with zero attached hydrogens (tertiary/aromatic N) is 2. The summed E-state index contributed by atoms with van der Waals surface area (Å²) in [6, 6.07) is 5.89. The molecule has 1 aliphatic rings. The lowest BCUT2D eigenvalue weighted by Crippen LogP contribution is -2.43. The first-order chi connectivity index (χ1) is 8.78. The second-order valence-corrected chi connectivity index (χ2v) is 4.33. The third-order valence-corrected chi connectivity index (χ3v) is 2.96. The van der Waals surface area contributed by atoms with Gasteiger partial charge >= 0.3 is 5.97 Å². The van der Waals surface area contributed by atoms with E-state index >= 15 is 0 Å². The van der Waals surface area contributed by atoms with Gasteiger partial charge < -0.3 is 9.47 Å². The van der Waals surface area contributed by atoms with E-state index in [1.165, 1.54) is 7.11 Å². The first-order valence-electron chi connectivity index (χ1n) is 6.08. The van der Waals surface area contributed by atoms with Gasteiger partial charge in [0.1, 0.15) is 0 Å². The first kappa shape index (κ1) is 13.0. The van der Waals surface area contributed by atoms with Crippen molar-refractivity contribution in [2.75, 3.05) is 26.8 Å². The molecule has 0 spiro atoms. The number of hydrogen-bond donors (Lipinski definition) is 0. The number of pyridine rings is 1. The molecular weight excluding hydrogens is 232 g/mol. The van der Waals surface area contributed by atoms with E-state index in [9.17, 15) is 4.79 Å². The molecule has 0 N–H and O–H groups in total. The summed E-state index contributed by atoms with van der Waals surface area (Å²) >= 11 is 0. The maximum Gasteiger partial charge on any atom is 0.308 e. The number of hydrogen-bond acceptors (Lipinski definition) is 5. The number of esters is 1. The highest BCUT2D eigenvalue weighted by molar-refractivity contribution is 5.69. The van der Waals surface area contributed by atoms with E-state index in [0.29, 0.717) is 13.0 Å². The Morgan fingerprint density at radius 3 is 3.22 bits per heavy atom. The molecule has 0 aromatic carbocycles. The molecule has 0 radical (unpaired) electrons. The van der Waals surface area contributed by atoms with Crippen LogP contribution in [-0.4, -0.2) is 48.8 Å². The van der Waals surface area contributed by atoms with Gasteiger partial charge in [0.25, 0.3) is 0 Å². The van der Waals surface area contributed by atoms with Crippen LogP contribution in [0.25, 0.3) is 0 Å². The van der Waals surface area contributed by atoms with Crippen molar-refractivity contribution in [3.05, 3.63) is 30.1 Å². The number of ether oxygens (including phenoxy) is 2. The topological polar surface area (TPSA) is 51.7 Å². The maximum absolute atomic E-state index is 11.2. The van der Waals surface area contributed by atoms with Crippen LogP contribution in [0.2, 0.25) is 0 Å². The number of carbonyl (C=O) groups excluding carboxylic acids is 1. The standard InChI is InChI=1S/C13H18N2O3/c1-17-13(16)8-12-10-15(6-7-18-12)9-11-4-2-3-5-14-11/h2-5,12H,6-10H2,1H3/t12-/m0/s1. The lowest BCUT2D eigenvalue weighted by Gasteiger charge is -2.32. The van der Waals surface area contributed by atoms with Crippen LogP contribution in [-0.2, 0) is 20.8 Å². The van der Waals surface area contributed by atoms with E-state index in [-0.39, 0.29) is 12.1 Å². The summed E-state index contributed by atoms with van der Waals surface area (Å²) < 4.78 is 10.2. The molecule has 1 aromatic rings. The fraction of sp³-hybridized carbons (Fsp3) is 0.538. The number of methoxy groups -OCH3 is 1. The molecule has 1 fully saturated rings. The van der Waals surface area contributed by atoms with Gasteiger partial charge in [0.15, 0.2) is 0 Å². The minimum Gasteiger partial charge on any atom is -0.469 e. The van der Waals surface area contributed by atoms with Gasteiger partial charge in [-0.15, -0.1) is 0 Å². The molecule has 0 bridgehead atoms. The molecule has 0 amide bonds. The lowest BCUT2D eigenvalue weighted by atomic mass is 10.2. The maximum atomic E-state index is 11.2. The van der Waals surface area contributed by atoms with Crippen molar-refractivity contribution in [2.45, 2.75) is 19.1 Å². The van der Waals surface area contributed by atoms with Crippen LogP contribution in [0.3, 0.4) is 0 Å². The number of rotatable bonds is 4. The second kappa shape index (κ2) is 6.47. The molecule has 1 saturated heterocycles. The molecule has 2 rings (SSSR count). The van der Waals surface area contributed by atoms with Crippen LogP contribution in [0.5, 0.6) is 0 Å². The van der Waals surface area contributed by atoms with E-state index < -0.39 is 0 Å². The van der Waals surface area contributed by atoms with Gasteiger partial charge in [0, 0.05) is 25.8 Å². The summed E-state index contributed by atoms with van der Waals surface area (Å²) in [4.78, 5) is 17.8. The Bertz CT molecular complexity index is 383. The Balaban J connectivity index is 1.85. The van der Waals surface area contributed by atoms with E-state index in [1.807, 2.05) is 18.2 Å².